The Morgan fingerprint density at radius 1 is 1.67 bits per heavy atom. The molecule has 0 bridgehead atoms. The van der Waals surface area contributed by atoms with Crippen molar-refractivity contribution in [2.75, 3.05) is 13.7 Å². The van der Waals surface area contributed by atoms with Gasteiger partial charge >= 0.3 is 0 Å². The number of aliphatic hydroxyl groups is 1. The van der Waals surface area contributed by atoms with Crippen LogP contribution in [0.25, 0.3) is 0 Å². The van der Waals surface area contributed by atoms with Crippen LogP contribution in [-0.4, -0.2) is 29.7 Å². The minimum Gasteiger partial charge on any atom is -0.395 e. The summed E-state index contributed by atoms with van der Waals surface area (Å²) in [6.45, 7) is 0.0164. The van der Waals surface area contributed by atoms with Gasteiger partial charge in [-0.25, -0.2) is 4.98 Å². The monoisotopic (exact) mass is 204 g/mol. The number of carbonyl (C=O) groups is 1. The van der Waals surface area contributed by atoms with E-state index >= 15 is 0 Å². The summed E-state index contributed by atoms with van der Waals surface area (Å²) in [5.74, 6) is 5.29. The minimum atomic E-state index is -0.260. The van der Waals surface area contributed by atoms with Crippen molar-refractivity contribution in [1.29, 1.82) is 0 Å². The van der Waals surface area contributed by atoms with Crippen molar-refractivity contribution in [3.8, 4) is 11.8 Å². The summed E-state index contributed by atoms with van der Waals surface area (Å²) in [7, 11) is 1.54. The SMILES string of the molecule is CNC(=O)c1ncccc1C#CCCO. The smallest absolute Gasteiger partial charge is 0.270 e. The van der Waals surface area contributed by atoms with E-state index in [0.29, 0.717) is 17.7 Å². The molecule has 0 saturated carbocycles. The highest BCUT2D eigenvalue weighted by molar-refractivity contribution is 5.94. The molecule has 15 heavy (non-hydrogen) atoms. The average molecular weight is 204 g/mol. The van der Waals surface area contributed by atoms with Gasteiger partial charge < -0.3 is 10.4 Å². The molecular weight excluding hydrogens is 192 g/mol. The van der Waals surface area contributed by atoms with Crippen LogP contribution in [-0.2, 0) is 0 Å². The Bertz CT molecular complexity index is 405. The third-order valence-electron chi connectivity index (χ3n) is 1.71. The van der Waals surface area contributed by atoms with Crippen molar-refractivity contribution in [2.45, 2.75) is 6.42 Å². The lowest BCUT2D eigenvalue weighted by Crippen LogP contribution is -2.20. The molecule has 1 aromatic rings. The molecule has 0 saturated heterocycles. The van der Waals surface area contributed by atoms with E-state index in [1.165, 1.54) is 0 Å². The van der Waals surface area contributed by atoms with Gasteiger partial charge in [-0.05, 0) is 12.1 Å². The number of aromatic nitrogens is 1. The first-order valence-corrected chi connectivity index (χ1v) is 4.56. The van der Waals surface area contributed by atoms with Gasteiger partial charge in [0, 0.05) is 19.7 Å². The van der Waals surface area contributed by atoms with Gasteiger partial charge in [-0.2, -0.15) is 0 Å². The maximum absolute atomic E-state index is 11.4. The normalized spacial score (nSPS) is 8.93. The predicted molar refractivity (Wildman–Crippen MR) is 56.2 cm³/mol. The topological polar surface area (TPSA) is 62.2 Å². The highest BCUT2D eigenvalue weighted by Gasteiger charge is 2.08. The van der Waals surface area contributed by atoms with Crippen molar-refractivity contribution in [1.82, 2.24) is 10.3 Å². The zero-order valence-electron chi connectivity index (χ0n) is 8.45. The maximum atomic E-state index is 11.4. The zero-order valence-corrected chi connectivity index (χ0v) is 8.45. The highest BCUT2D eigenvalue weighted by Crippen LogP contribution is 2.03. The van der Waals surface area contributed by atoms with Crippen molar-refractivity contribution < 1.29 is 9.90 Å². The van der Waals surface area contributed by atoms with Crippen LogP contribution in [0.2, 0.25) is 0 Å². The molecule has 0 aliphatic heterocycles. The number of aliphatic hydroxyl groups excluding tert-OH is 1. The average Bonchev–Trinajstić information content (AvgIpc) is 2.29. The van der Waals surface area contributed by atoms with Gasteiger partial charge in [-0.3, -0.25) is 4.79 Å². The molecule has 1 amide bonds. The Kier molecular flexibility index (Phi) is 4.32. The van der Waals surface area contributed by atoms with E-state index < -0.39 is 0 Å². The molecule has 78 valence electrons. The van der Waals surface area contributed by atoms with Gasteiger partial charge in [0.25, 0.3) is 5.91 Å². The van der Waals surface area contributed by atoms with Crippen LogP contribution in [0.4, 0.5) is 0 Å². The van der Waals surface area contributed by atoms with E-state index in [-0.39, 0.29) is 12.5 Å². The number of rotatable bonds is 2. The van der Waals surface area contributed by atoms with Gasteiger partial charge in [0.15, 0.2) is 0 Å². The molecule has 2 N–H and O–H groups in total. The second-order valence-electron chi connectivity index (χ2n) is 2.75. The molecule has 0 atom stereocenters. The number of carbonyl (C=O) groups excluding carboxylic acids is 1. The van der Waals surface area contributed by atoms with Gasteiger partial charge in [0.05, 0.1) is 12.2 Å². The summed E-state index contributed by atoms with van der Waals surface area (Å²) in [6, 6.07) is 3.44. The van der Waals surface area contributed by atoms with Crippen molar-refractivity contribution in [3.05, 3.63) is 29.6 Å². The van der Waals surface area contributed by atoms with E-state index in [2.05, 4.69) is 22.1 Å². The van der Waals surface area contributed by atoms with E-state index in [9.17, 15) is 4.79 Å². The molecule has 1 aromatic heterocycles. The van der Waals surface area contributed by atoms with E-state index in [0.717, 1.165) is 0 Å². The van der Waals surface area contributed by atoms with Gasteiger partial charge in [-0.1, -0.05) is 11.8 Å². The second kappa shape index (κ2) is 5.78. The molecule has 0 spiro atoms. The zero-order chi connectivity index (χ0) is 11.1. The number of nitrogens with one attached hydrogen (secondary N) is 1. The summed E-state index contributed by atoms with van der Waals surface area (Å²) in [5.41, 5.74) is 0.885. The van der Waals surface area contributed by atoms with Gasteiger partial charge in [-0.15, -0.1) is 0 Å². The van der Waals surface area contributed by atoms with Crippen LogP contribution in [0.1, 0.15) is 22.5 Å². The van der Waals surface area contributed by atoms with Crippen LogP contribution in [0.3, 0.4) is 0 Å². The van der Waals surface area contributed by atoms with Crippen molar-refractivity contribution in [3.63, 3.8) is 0 Å². The Hall–Kier alpha value is -1.86. The molecule has 1 heterocycles. The van der Waals surface area contributed by atoms with E-state index in [1.807, 2.05) is 0 Å². The molecule has 0 unspecified atom stereocenters. The van der Waals surface area contributed by atoms with E-state index in [1.54, 1.807) is 25.4 Å². The molecule has 4 heteroatoms. The summed E-state index contributed by atoms with van der Waals surface area (Å²) in [4.78, 5) is 15.3. The Labute approximate surface area is 88.3 Å². The van der Waals surface area contributed by atoms with Gasteiger partial charge in [0.1, 0.15) is 5.69 Å². The lowest BCUT2D eigenvalue weighted by molar-refractivity contribution is 0.0958. The summed E-state index contributed by atoms with van der Waals surface area (Å²) in [5, 5.41) is 11.1. The molecule has 1 rings (SSSR count). The van der Waals surface area contributed by atoms with Crippen molar-refractivity contribution >= 4 is 5.91 Å². The summed E-state index contributed by atoms with van der Waals surface area (Å²) in [6.07, 6.45) is 1.93. The quantitative estimate of drug-likeness (QED) is 0.675. The second-order valence-corrected chi connectivity index (χ2v) is 2.75. The fourth-order valence-corrected chi connectivity index (χ4v) is 1.02. The number of hydrogen-bond donors (Lipinski definition) is 2. The van der Waals surface area contributed by atoms with Crippen LogP contribution >= 0.6 is 0 Å². The molecule has 0 radical (unpaired) electrons. The fraction of sp³-hybridized carbons (Fsp3) is 0.273. The Morgan fingerprint density at radius 3 is 3.13 bits per heavy atom. The maximum Gasteiger partial charge on any atom is 0.270 e. The lowest BCUT2D eigenvalue weighted by atomic mass is 10.2. The highest BCUT2D eigenvalue weighted by atomic mass is 16.2. The first kappa shape index (κ1) is 11.2. The third-order valence-corrected chi connectivity index (χ3v) is 1.71. The lowest BCUT2D eigenvalue weighted by Gasteiger charge is -2.00. The predicted octanol–water partition coefficient (Wildman–Crippen LogP) is 0.175. The first-order chi connectivity index (χ1) is 7.29. The Balaban J connectivity index is 2.98. The third kappa shape index (κ3) is 3.08. The standard InChI is InChI=1S/C11H12N2O2/c1-12-11(15)10-9(5-2-3-8-14)6-4-7-13-10/h4,6-7,14H,3,8H2,1H3,(H,12,15). The van der Waals surface area contributed by atoms with Crippen LogP contribution in [0.15, 0.2) is 18.3 Å². The van der Waals surface area contributed by atoms with Gasteiger partial charge in [0.2, 0.25) is 0 Å². The number of amides is 1. The van der Waals surface area contributed by atoms with Crippen LogP contribution in [0.5, 0.6) is 0 Å². The molecule has 0 aliphatic carbocycles. The number of hydrogen-bond acceptors (Lipinski definition) is 3. The fourth-order valence-electron chi connectivity index (χ4n) is 1.02. The number of pyridine rings is 1. The summed E-state index contributed by atoms with van der Waals surface area (Å²) < 4.78 is 0. The minimum absolute atomic E-state index is 0.0164. The number of nitrogens with zero attached hydrogens (tertiary/aromatic N) is 1. The largest absolute Gasteiger partial charge is 0.395 e. The molecular formula is C11H12N2O2. The molecule has 4 nitrogen and oxygen atoms in total. The molecule has 0 aromatic carbocycles. The first-order valence-electron chi connectivity index (χ1n) is 4.56. The van der Waals surface area contributed by atoms with E-state index in [4.69, 9.17) is 5.11 Å². The molecule has 0 fully saturated rings. The van der Waals surface area contributed by atoms with Crippen molar-refractivity contribution in [2.24, 2.45) is 0 Å². The van der Waals surface area contributed by atoms with Crippen LogP contribution < -0.4 is 5.32 Å². The molecule has 0 aliphatic rings. The Morgan fingerprint density at radius 2 is 2.47 bits per heavy atom. The summed E-state index contributed by atoms with van der Waals surface area (Å²) >= 11 is 0. The van der Waals surface area contributed by atoms with Crippen LogP contribution in [0, 0.1) is 11.8 Å².